The summed E-state index contributed by atoms with van der Waals surface area (Å²) in [6.07, 6.45) is 14.1. The summed E-state index contributed by atoms with van der Waals surface area (Å²) >= 11 is 0. The summed E-state index contributed by atoms with van der Waals surface area (Å²) in [5.74, 6) is 0. The molecule has 0 atom stereocenters. The summed E-state index contributed by atoms with van der Waals surface area (Å²) in [7, 11) is 0. The zero-order chi connectivity index (χ0) is 8.36. The molecule has 1 nitrogen and oxygen atoms in total. The van der Waals surface area contributed by atoms with Gasteiger partial charge in [-0.1, -0.05) is 37.3 Å². The normalized spacial score (nSPS) is 12.1. The van der Waals surface area contributed by atoms with Crippen molar-refractivity contribution in [1.29, 1.82) is 0 Å². The second kappa shape index (κ2) is 8.89. The van der Waals surface area contributed by atoms with E-state index in [-0.39, 0.29) is 0 Å². The van der Waals surface area contributed by atoms with Gasteiger partial charge in [0.2, 0.25) is 0 Å². The minimum Gasteiger partial charge on any atom is -0.299 e. The van der Waals surface area contributed by atoms with Crippen molar-refractivity contribution in [2.45, 2.75) is 19.8 Å². The van der Waals surface area contributed by atoms with Crippen molar-refractivity contribution in [3.63, 3.8) is 0 Å². The van der Waals surface area contributed by atoms with Crippen molar-refractivity contribution >= 4 is 6.29 Å². The monoisotopic (exact) mass is 150 g/mol. The Morgan fingerprint density at radius 1 is 1.00 bits per heavy atom. The Labute approximate surface area is 68.1 Å². The standard InChI is InChI=1S/C10H14O/c1-2-3-4-5-6-7-8-9-10-11/h3-4,6-10H,2,5H2,1H3/b4-3?,7-6+,9-8+. The van der Waals surface area contributed by atoms with Crippen molar-refractivity contribution < 1.29 is 4.79 Å². The third-order valence-electron chi connectivity index (χ3n) is 1.11. The van der Waals surface area contributed by atoms with Gasteiger partial charge in [-0.15, -0.1) is 0 Å². The van der Waals surface area contributed by atoms with E-state index in [1.54, 1.807) is 6.08 Å². The van der Waals surface area contributed by atoms with Gasteiger partial charge in [0.15, 0.2) is 0 Å². The molecule has 0 radical (unpaired) electrons. The maximum absolute atomic E-state index is 9.81. The molecule has 0 aliphatic rings. The van der Waals surface area contributed by atoms with Crippen LogP contribution in [0.3, 0.4) is 0 Å². The van der Waals surface area contributed by atoms with Gasteiger partial charge < -0.3 is 0 Å². The summed E-state index contributed by atoms with van der Waals surface area (Å²) < 4.78 is 0. The first-order chi connectivity index (χ1) is 5.41. The molecule has 0 aromatic carbocycles. The predicted molar refractivity (Wildman–Crippen MR) is 48.4 cm³/mol. The summed E-state index contributed by atoms with van der Waals surface area (Å²) in [6, 6.07) is 0. The average molecular weight is 150 g/mol. The number of carbonyl (C=O) groups excluding carboxylic acids is 1. The first-order valence-corrected chi connectivity index (χ1v) is 3.83. The topological polar surface area (TPSA) is 17.1 Å². The highest BCUT2D eigenvalue weighted by molar-refractivity contribution is 5.65. The van der Waals surface area contributed by atoms with E-state index < -0.39 is 0 Å². The van der Waals surface area contributed by atoms with Crippen molar-refractivity contribution in [2.75, 3.05) is 0 Å². The number of hydrogen-bond acceptors (Lipinski definition) is 1. The quantitative estimate of drug-likeness (QED) is 0.255. The predicted octanol–water partition coefficient (Wildman–Crippen LogP) is 2.65. The molecule has 0 unspecified atom stereocenters. The average Bonchev–Trinajstić information content (AvgIpc) is 2.03. The Morgan fingerprint density at radius 3 is 2.45 bits per heavy atom. The zero-order valence-corrected chi connectivity index (χ0v) is 6.86. The first-order valence-electron chi connectivity index (χ1n) is 3.83. The number of rotatable bonds is 5. The SMILES string of the molecule is CCC=CC/C=C/C=C/C=O. The summed E-state index contributed by atoms with van der Waals surface area (Å²) in [6.45, 7) is 2.10. The highest BCUT2D eigenvalue weighted by Crippen LogP contribution is 1.88. The molecule has 0 spiro atoms. The Bertz CT molecular complexity index is 164. The number of allylic oxidation sites excluding steroid dienone is 6. The lowest BCUT2D eigenvalue weighted by Crippen LogP contribution is -1.59. The smallest absolute Gasteiger partial charge is 0.142 e. The van der Waals surface area contributed by atoms with Gasteiger partial charge >= 0.3 is 0 Å². The van der Waals surface area contributed by atoms with Crippen LogP contribution in [0.15, 0.2) is 36.5 Å². The minimum absolute atomic E-state index is 0.770. The van der Waals surface area contributed by atoms with E-state index in [1.807, 2.05) is 12.2 Å². The van der Waals surface area contributed by atoms with Crippen LogP contribution in [0.1, 0.15) is 19.8 Å². The Kier molecular flexibility index (Phi) is 7.99. The highest BCUT2D eigenvalue weighted by Gasteiger charge is 1.68. The van der Waals surface area contributed by atoms with Gasteiger partial charge in [-0.25, -0.2) is 0 Å². The summed E-state index contributed by atoms with van der Waals surface area (Å²) in [5, 5.41) is 0. The van der Waals surface area contributed by atoms with Gasteiger partial charge in [-0.2, -0.15) is 0 Å². The molecule has 0 heterocycles. The molecular weight excluding hydrogens is 136 g/mol. The molecule has 0 saturated carbocycles. The van der Waals surface area contributed by atoms with E-state index in [0.29, 0.717) is 0 Å². The fraction of sp³-hybridized carbons (Fsp3) is 0.300. The van der Waals surface area contributed by atoms with E-state index in [0.717, 1.165) is 19.1 Å². The number of carbonyl (C=O) groups is 1. The van der Waals surface area contributed by atoms with Gasteiger partial charge in [0, 0.05) is 0 Å². The molecule has 0 aliphatic carbocycles. The van der Waals surface area contributed by atoms with Crippen LogP contribution in [0.25, 0.3) is 0 Å². The molecule has 0 bridgehead atoms. The van der Waals surface area contributed by atoms with Gasteiger partial charge in [0.05, 0.1) is 0 Å². The third kappa shape index (κ3) is 8.89. The molecule has 0 aliphatic heterocycles. The molecule has 11 heavy (non-hydrogen) atoms. The second-order valence-corrected chi connectivity index (χ2v) is 2.06. The van der Waals surface area contributed by atoms with Crippen LogP contribution in [0.5, 0.6) is 0 Å². The van der Waals surface area contributed by atoms with Crippen LogP contribution in [-0.2, 0) is 4.79 Å². The van der Waals surface area contributed by atoms with Crippen LogP contribution in [0, 0.1) is 0 Å². The van der Waals surface area contributed by atoms with Crippen LogP contribution >= 0.6 is 0 Å². The van der Waals surface area contributed by atoms with Gasteiger partial charge in [-0.05, 0) is 18.9 Å². The second-order valence-electron chi connectivity index (χ2n) is 2.06. The molecule has 60 valence electrons. The molecule has 0 aromatic rings. The molecule has 0 rings (SSSR count). The maximum Gasteiger partial charge on any atom is 0.142 e. The lowest BCUT2D eigenvalue weighted by atomic mass is 10.3. The van der Waals surface area contributed by atoms with Gasteiger partial charge in [-0.3, -0.25) is 4.79 Å². The number of aldehydes is 1. The Balaban J connectivity index is 3.36. The summed E-state index contributed by atoms with van der Waals surface area (Å²) in [4.78, 5) is 9.81. The molecule has 0 N–H and O–H groups in total. The zero-order valence-electron chi connectivity index (χ0n) is 6.86. The van der Waals surface area contributed by atoms with Crippen LogP contribution < -0.4 is 0 Å². The molecule has 0 aromatic heterocycles. The van der Waals surface area contributed by atoms with Gasteiger partial charge in [0.1, 0.15) is 6.29 Å². The minimum atomic E-state index is 0.770. The van der Waals surface area contributed by atoms with Crippen molar-refractivity contribution in [3.05, 3.63) is 36.5 Å². The van der Waals surface area contributed by atoms with Crippen LogP contribution in [0.2, 0.25) is 0 Å². The Morgan fingerprint density at radius 2 is 1.82 bits per heavy atom. The summed E-state index contributed by atoms with van der Waals surface area (Å²) in [5.41, 5.74) is 0. The van der Waals surface area contributed by atoms with Crippen molar-refractivity contribution in [2.24, 2.45) is 0 Å². The van der Waals surface area contributed by atoms with Crippen LogP contribution in [0.4, 0.5) is 0 Å². The fourth-order valence-electron chi connectivity index (χ4n) is 0.608. The van der Waals surface area contributed by atoms with Gasteiger partial charge in [0.25, 0.3) is 0 Å². The fourth-order valence-corrected chi connectivity index (χ4v) is 0.608. The number of hydrogen-bond donors (Lipinski definition) is 0. The lowest BCUT2D eigenvalue weighted by molar-refractivity contribution is -0.104. The molecular formula is C10H14O. The van der Waals surface area contributed by atoms with E-state index in [4.69, 9.17) is 0 Å². The third-order valence-corrected chi connectivity index (χ3v) is 1.11. The molecule has 1 heteroatoms. The van der Waals surface area contributed by atoms with Crippen molar-refractivity contribution in [3.8, 4) is 0 Å². The first kappa shape index (κ1) is 9.89. The highest BCUT2D eigenvalue weighted by atomic mass is 16.1. The van der Waals surface area contributed by atoms with Crippen LogP contribution in [-0.4, -0.2) is 6.29 Å². The van der Waals surface area contributed by atoms with E-state index >= 15 is 0 Å². The largest absolute Gasteiger partial charge is 0.299 e. The van der Waals surface area contributed by atoms with Crippen molar-refractivity contribution in [1.82, 2.24) is 0 Å². The van der Waals surface area contributed by atoms with E-state index in [2.05, 4.69) is 19.1 Å². The molecule has 0 amide bonds. The lowest BCUT2D eigenvalue weighted by Gasteiger charge is -1.78. The maximum atomic E-state index is 9.81. The molecule has 0 saturated heterocycles. The van der Waals surface area contributed by atoms with E-state index in [1.165, 1.54) is 6.08 Å². The Hall–Kier alpha value is -1.11. The molecule has 0 fully saturated rings. The van der Waals surface area contributed by atoms with E-state index in [9.17, 15) is 4.79 Å².